The molecule has 2 aromatic heterocycles. The highest BCUT2D eigenvalue weighted by molar-refractivity contribution is 6.14. The third-order valence-electron chi connectivity index (χ3n) is 10.9. The molecule has 3 aliphatic rings. The summed E-state index contributed by atoms with van der Waals surface area (Å²) in [5.74, 6) is 2.35. The molecule has 248 valence electrons. The fourth-order valence-electron chi connectivity index (χ4n) is 8.43. The summed E-state index contributed by atoms with van der Waals surface area (Å²) in [4.78, 5) is 16.2. The Morgan fingerprint density at radius 2 is 1.15 bits per heavy atom. The Morgan fingerprint density at radius 1 is 0.472 bits per heavy atom. The number of allylic oxidation sites excluding steroid dienone is 12. The van der Waals surface area contributed by atoms with Crippen molar-refractivity contribution in [2.24, 2.45) is 11.8 Å². The van der Waals surface area contributed by atoms with Gasteiger partial charge in [-0.3, -0.25) is 0 Å². The summed E-state index contributed by atoms with van der Waals surface area (Å²) in [7, 11) is 0. The van der Waals surface area contributed by atoms with Gasteiger partial charge in [-0.25, -0.2) is 15.0 Å². The second kappa shape index (κ2) is 11.8. The van der Waals surface area contributed by atoms with Gasteiger partial charge >= 0.3 is 0 Å². The number of nitrogens with zero attached hydrogens (tertiary/aromatic N) is 3. The van der Waals surface area contributed by atoms with Crippen molar-refractivity contribution in [1.82, 2.24) is 15.0 Å². The van der Waals surface area contributed by atoms with Crippen LogP contribution in [0.4, 0.5) is 0 Å². The van der Waals surface area contributed by atoms with E-state index in [4.69, 9.17) is 19.4 Å². The Hall–Kier alpha value is -6.91. The molecule has 8 aromatic rings. The van der Waals surface area contributed by atoms with Gasteiger partial charge < -0.3 is 4.42 Å². The first-order valence-electron chi connectivity index (χ1n) is 18.1. The molecular formula is C49H31N3O. The lowest BCUT2D eigenvalue weighted by Crippen LogP contribution is -2.22. The summed E-state index contributed by atoms with van der Waals surface area (Å²) in [5, 5.41) is 6.64. The van der Waals surface area contributed by atoms with Gasteiger partial charge in [0.1, 0.15) is 11.2 Å². The largest absolute Gasteiger partial charge is 0.456 e. The van der Waals surface area contributed by atoms with Gasteiger partial charge in [0, 0.05) is 39.3 Å². The lowest BCUT2D eigenvalue weighted by molar-refractivity contribution is 0.617. The van der Waals surface area contributed by atoms with Gasteiger partial charge in [0.05, 0.1) is 0 Å². The van der Waals surface area contributed by atoms with Crippen LogP contribution in [-0.4, -0.2) is 15.0 Å². The van der Waals surface area contributed by atoms with Crippen LogP contribution in [0.3, 0.4) is 0 Å². The summed E-state index contributed by atoms with van der Waals surface area (Å²) >= 11 is 0. The first kappa shape index (κ1) is 29.8. The fraction of sp³-hybridized carbons (Fsp3) is 0.0408. The molecule has 11 rings (SSSR count). The smallest absolute Gasteiger partial charge is 0.164 e. The number of para-hydroxylation sites is 1. The molecular weight excluding hydrogens is 647 g/mol. The molecule has 0 saturated carbocycles. The van der Waals surface area contributed by atoms with Gasteiger partial charge in [-0.2, -0.15) is 0 Å². The summed E-state index contributed by atoms with van der Waals surface area (Å²) in [6.45, 7) is 0. The molecule has 0 saturated heterocycles. The quantitative estimate of drug-likeness (QED) is 0.174. The van der Waals surface area contributed by atoms with E-state index < -0.39 is 0 Å². The summed E-state index contributed by atoms with van der Waals surface area (Å²) in [5.41, 5.74) is 9.12. The molecule has 2 heterocycles. The predicted molar refractivity (Wildman–Crippen MR) is 217 cm³/mol. The Morgan fingerprint density at radius 3 is 2.02 bits per heavy atom. The van der Waals surface area contributed by atoms with E-state index in [1.165, 1.54) is 21.9 Å². The zero-order valence-corrected chi connectivity index (χ0v) is 28.6. The van der Waals surface area contributed by atoms with Gasteiger partial charge in [0.2, 0.25) is 0 Å². The molecule has 2 atom stereocenters. The highest BCUT2D eigenvalue weighted by atomic mass is 16.3. The minimum Gasteiger partial charge on any atom is -0.456 e. The van der Waals surface area contributed by atoms with Crippen LogP contribution in [0.1, 0.15) is 5.82 Å². The zero-order valence-electron chi connectivity index (χ0n) is 28.6. The lowest BCUT2D eigenvalue weighted by Gasteiger charge is -2.32. The molecule has 0 radical (unpaired) electrons. The van der Waals surface area contributed by atoms with E-state index in [0.29, 0.717) is 17.5 Å². The standard InChI is InChI=1S/C49H31N3O/c1-2-14-30(15-3-1)33-28-43(46-40-24-12-13-25-44(40)53-45(46)29-33)49-51-47(41-26-31-16-4-6-18-34(31)36-20-8-10-22-38(36)41)50-48(52-49)42-27-32-17-5-7-19-35(32)37-21-9-11-23-39(37)42/h1-29,34,36H. The minimum atomic E-state index is 0.187. The van der Waals surface area contributed by atoms with Crippen LogP contribution < -0.4 is 0 Å². The van der Waals surface area contributed by atoms with E-state index in [1.807, 2.05) is 18.2 Å². The molecule has 2 unspecified atom stereocenters. The van der Waals surface area contributed by atoms with Crippen molar-refractivity contribution < 1.29 is 4.42 Å². The highest BCUT2D eigenvalue weighted by Gasteiger charge is 2.32. The monoisotopic (exact) mass is 677 g/mol. The number of hydrogen-bond donors (Lipinski definition) is 0. The van der Waals surface area contributed by atoms with E-state index in [-0.39, 0.29) is 11.8 Å². The summed E-state index contributed by atoms with van der Waals surface area (Å²) in [6.07, 6.45) is 19.9. The molecule has 0 fully saturated rings. The molecule has 6 aromatic carbocycles. The molecule has 53 heavy (non-hydrogen) atoms. The molecule has 4 heteroatoms. The van der Waals surface area contributed by atoms with Gasteiger partial charge in [-0.1, -0.05) is 146 Å². The number of furan rings is 1. The number of benzene rings is 6. The molecule has 3 aliphatic carbocycles. The Bertz CT molecular complexity index is 3010. The molecule has 0 bridgehead atoms. The Labute approximate surface area is 306 Å². The maximum absolute atomic E-state index is 6.55. The van der Waals surface area contributed by atoms with Crippen molar-refractivity contribution in [3.05, 3.63) is 193 Å². The summed E-state index contributed by atoms with van der Waals surface area (Å²) < 4.78 is 6.55. The van der Waals surface area contributed by atoms with E-state index in [1.54, 1.807) is 0 Å². The first-order chi connectivity index (χ1) is 26.3. The topological polar surface area (TPSA) is 51.8 Å². The van der Waals surface area contributed by atoms with Crippen molar-refractivity contribution in [2.45, 2.75) is 0 Å². The lowest BCUT2D eigenvalue weighted by atomic mass is 9.71. The maximum Gasteiger partial charge on any atom is 0.164 e. The van der Waals surface area contributed by atoms with Crippen molar-refractivity contribution in [1.29, 1.82) is 0 Å². The highest BCUT2D eigenvalue weighted by Crippen LogP contribution is 2.45. The van der Waals surface area contributed by atoms with Crippen LogP contribution in [0.2, 0.25) is 0 Å². The maximum atomic E-state index is 6.55. The molecule has 0 spiro atoms. The van der Waals surface area contributed by atoms with E-state index in [0.717, 1.165) is 60.5 Å². The van der Waals surface area contributed by atoms with Crippen LogP contribution in [0, 0.1) is 11.8 Å². The number of rotatable bonds is 4. The average molecular weight is 678 g/mol. The van der Waals surface area contributed by atoms with Crippen LogP contribution in [-0.2, 0) is 0 Å². The number of fused-ring (bicyclic) bond motifs is 9. The Balaban J connectivity index is 1.25. The fourth-order valence-corrected chi connectivity index (χ4v) is 8.43. The molecule has 0 aliphatic heterocycles. The number of aromatic nitrogens is 3. The van der Waals surface area contributed by atoms with Gasteiger partial charge in [-0.05, 0) is 74.2 Å². The van der Waals surface area contributed by atoms with E-state index >= 15 is 0 Å². The second-order valence-electron chi connectivity index (χ2n) is 13.9. The van der Waals surface area contributed by atoms with Crippen molar-refractivity contribution in [3.63, 3.8) is 0 Å². The molecule has 0 amide bonds. The third-order valence-corrected chi connectivity index (χ3v) is 10.9. The number of hydrogen-bond acceptors (Lipinski definition) is 4. The van der Waals surface area contributed by atoms with Crippen LogP contribution >= 0.6 is 0 Å². The van der Waals surface area contributed by atoms with E-state index in [2.05, 4.69) is 158 Å². The van der Waals surface area contributed by atoms with Crippen LogP contribution in [0.5, 0.6) is 0 Å². The second-order valence-corrected chi connectivity index (χ2v) is 13.9. The van der Waals surface area contributed by atoms with Crippen LogP contribution in [0.25, 0.3) is 83.0 Å². The average Bonchev–Trinajstić information content (AvgIpc) is 3.61. The van der Waals surface area contributed by atoms with Gasteiger partial charge in [0.15, 0.2) is 17.5 Å². The zero-order chi connectivity index (χ0) is 34.9. The van der Waals surface area contributed by atoms with Crippen molar-refractivity contribution in [2.75, 3.05) is 0 Å². The first-order valence-corrected chi connectivity index (χ1v) is 18.1. The predicted octanol–water partition coefficient (Wildman–Crippen LogP) is 12.3. The normalized spacial score (nSPS) is 17.5. The van der Waals surface area contributed by atoms with Crippen molar-refractivity contribution >= 4 is 49.1 Å². The molecule has 4 nitrogen and oxygen atoms in total. The summed E-state index contributed by atoms with van der Waals surface area (Å²) in [6, 6.07) is 42.4. The Kier molecular flexibility index (Phi) is 6.65. The van der Waals surface area contributed by atoms with Gasteiger partial charge in [-0.15, -0.1) is 0 Å². The van der Waals surface area contributed by atoms with Crippen molar-refractivity contribution in [3.8, 4) is 33.9 Å². The van der Waals surface area contributed by atoms with Crippen LogP contribution in [0.15, 0.2) is 192 Å². The SMILES string of the molecule is C1=CC2=CC(c3nc(-c4cc5ccccc5c5ccccc45)nc(-c4cc(-c5ccccc5)cc5oc6ccccc6c45)n3)=C3C=CC=CC3C2C=C1. The third kappa shape index (κ3) is 4.80. The van der Waals surface area contributed by atoms with E-state index in [9.17, 15) is 0 Å². The molecule has 0 N–H and O–H groups in total. The minimum absolute atomic E-state index is 0.187. The van der Waals surface area contributed by atoms with Gasteiger partial charge in [0.25, 0.3) is 0 Å².